The lowest BCUT2D eigenvalue weighted by Gasteiger charge is -2.26. The number of hydrogen-bond donors (Lipinski definition) is 2. The van der Waals surface area contributed by atoms with Crippen LogP contribution in [0.3, 0.4) is 0 Å². The molecule has 5 heteroatoms. The first-order chi connectivity index (χ1) is 9.88. The van der Waals surface area contributed by atoms with Gasteiger partial charge < -0.3 is 15.3 Å². The van der Waals surface area contributed by atoms with Crippen LogP contribution in [0.1, 0.15) is 29.8 Å². The van der Waals surface area contributed by atoms with Gasteiger partial charge in [0.25, 0.3) is 5.91 Å². The van der Waals surface area contributed by atoms with Crippen molar-refractivity contribution in [3.63, 3.8) is 0 Å². The van der Waals surface area contributed by atoms with Gasteiger partial charge in [-0.25, -0.2) is 0 Å². The number of likely N-dealkylation sites (N-methyl/N-ethyl adjacent to an activating group) is 1. The number of carbonyl (C=O) groups is 2. The molecular weight excluding hydrogens is 268 g/mol. The normalized spacial score (nSPS) is 12.1. The molecule has 0 saturated heterocycles. The molecule has 0 heterocycles. The lowest BCUT2D eigenvalue weighted by atomic mass is 10.0. The number of aryl methyl sites for hydroxylation is 1. The summed E-state index contributed by atoms with van der Waals surface area (Å²) in [7, 11) is 1.62. The predicted octanol–water partition coefficient (Wildman–Crippen LogP) is 1.20. The predicted molar refractivity (Wildman–Crippen MR) is 82.0 cm³/mol. The van der Waals surface area contributed by atoms with E-state index in [1.807, 2.05) is 32.9 Å². The van der Waals surface area contributed by atoms with Gasteiger partial charge in [0, 0.05) is 19.2 Å². The quantitative estimate of drug-likeness (QED) is 0.828. The second-order valence-electron chi connectivity index (χ2n) is 5.49. The molecule has 1 aromatic carbocycles. The molecule has 5 nitrogen and oxygen atoms in total. The first-order valence-electron chi connectivity index (χ1n) is 7.10. The summed E-state index contributed by atoms with van der Waals surface area (Å²) in [6, 6.07) is 6.66. The van der Waals surface area contributed by atoms with Gasteiger partial charge in [0.05, 0.1) is 6.61 Å². The fourth-order valence-electron chi connectivity index (χ4n) is 2.06. The van der Waals surface area contributed by atoms with Crippen LogP contribution in [0.25, 0.3) is 0 Å². The Balaban J connectivity index is 2.87. The SMILES string of the molecule is Cc1ccccc1C(=O)NC(C(=O)N(C)CCO)C(C)C. The molecule has 21 heavy (non-hydrogen) atoms. The van der Waals surface area contributed by atoms with E-state index in [2.05, 4.69) is 5.32 Å². The van der Waals surface area contributed by atoms with Gasteiger partial charge in [-0.3, -0.25) is 9.59 Å². The van der Waals surface area contributed by atoms with Crippen LogP contribution in [0.15, 0.2) is 24.3 Å². The van der Waals surface area contributed by atoms with Crippen LogP contribution in [0, 0.1) is 12.8 Å². The van der Waals surface area contributed by atoms with Crippen molar-refractivity contribution in [2.75, 3.05) is 20.2 Å². The summed E-state index contributed by atoms with van der Waals surface area (Å²) in [6.45, 7) is 5.78. The van der Waals surface area contributed by atoms with Gasteiger partial charge in [0.1, 0.15) is 6.04 Å². The number of rotatable bonds is 6. The minimum absolute atomic E-state index is 0.0355. The molecule has 0 aliphatic carbocycles. The third-order valence-corrected chi connectivity index (χ3v) is 3.42. The summed E-state index contributed by atoms with van der Waals surface area (Å²) in [4.78, 5) is 26.1. The molecule has 1 rings (SSSR count). The zero-order valence-corrected chi connectivity index (χ0v) is 13.1. The van der Waals surface area contributed by atoms with Crippen molar-refractivity contribution in [3.05, 3.63) is 35.4 Å². The number of nitrogens with zero attached hydrogens (tertiary/aromatic N) is 1. The summed E-state index contributed by atoms with van der Waals surface area (Å²) in [5.41, 5.74) is 1.44. The van der Waals surface area contributed by atoms with E-state index in [-0.39, 0.29) is 30.9 Å². The molecule has 1 unspecified atom stereocenters. The van der Waals surface area contributed by atoms with Gasteiger partial charge in [0.15, 0.2) is 0 Å². The lowest BCUT2D eigenvalue weighted by molar-refractivity contribution is -0.133. The van der Waals surface area contributed by atoms with E-state index < -0.39 is 6.04 Å². The zero-order valence-electron chi connectivity index (χ0n) is 13.1. The van der Waals surface area contributed by atoms with E-state index in [4.69, 9.17) is 5.11 Å². The number of aliphatic hydroxyl groups excluding tert-OH is 1. The molecule has 0 spiro atoms. The summed E-state index contributed by atoms with van der Waals surface area (Å²) >= 11 is 0. The highest BCUT2D eigenvalue weighted by atomic mass is 16.3. The largest absolute Gasteiger partial charge is 0.395 e. The third-order valence-electron chi connectivity index (χ3n) is 3.42. The summed E-state index contributed by atoms with van der Waals surface area (Å²) in [5.74, 6) is -0.481. The van der Waals surface area contributed by atoms with Crippen LogP contribution < -0.4 is 5.32 Å². The molecule has 0 bridgehead atoms. The van der Waals surface area contributed by atoms with E-state index in [0.29, 0.717) is 5.56 Å². The average molecular weight is 292 g/mol. The van der Waals surface area contributed by atoms with E-state index in [0.717, 1.165) is 5.56 Å². The van der Waals surface area contributed by atoms with Crippen LogP contribution in [0.2, 0.25) is 0 Å². The number of aliphatic hydroxyl groups is 1. The van der Waals surface area contributed by atoms with E-state index in [9.17, 15) is 9.59 Å². The molecule has 0 saturated carbocycles. The Bertz CT molecular complexity index is 500. The lowest BCUT2D eigenvalue weighted by Crippen LogP contribution is -2.50. The first kappa shape index (κ1) is 17.2. The summed E-state index contributed by atoms with van der Waals surface area (Å²) in [5, 5.41) is 11.7. The Kier molecular flexibility index (Phi) is 6.37. The van der Waals surface area contributed by atoms with Crippen molar-refractivity contribution < 1.29 is 14.7 Å². The Morgan fingerprint density at radius 2 is 1.90 bits per heavy atom. The van der Waals surface area contributed by atoms with Crippen molar-refractivity contribution in [1.82, 2.24) is 10.2 Å². The Labute approximate surface area is 126 Å². The van der Waals surface area contributed by atoms with E-state index in [1.54, 1.807) is 19.2 Å². The van der Waals surface area contributed by atoms with Crippen LogP contribution >= 0.6 is 0 Å². The molecule has 0 radical (unpaired) electrons. The van der Waals surface area contributed by atoms with Crippen molar-refractivity contribution >= 4 is 11.8 Å². The Morgan fingerprint density at radius 1 is 1.29 bits per heavy atom. The smallest absolute Gasteiger partial charge is 0.252 e. The second-order valence-corrected chi connectivity index (χ2v) is 5.49. The molecule has 2 N–H and O–H groups in total. The maximum atomic E-state index is 12.3. The van der Waals surface area contributed by atoms with Crippen LogP contribution in [0.5, 0.6) is 0 Å². The molecule has 2 amide bonds. The molecule has 0 aromatic heterocycles. The molecular formula is C16H24N2O3. The first-order valence-corrected chi connectivity index (χ1v) is 7.10. The maximum absolute atomic E-state index is 12.3. The van der Waals surface area contributed by atoms with Crippen molar-refractivity contribution in [2.24, 2.45) is 5.92 Å². The number of benzene rings is 1. The highest BCUT2D eigenvalue weighted by Gasteiger charge is 2.27. The average Bonchev–Trinajstić information content (AvgIpc) is 2.44. The molecule has 116 valence electrons. The molecule has 1 aromatic rings. The fraction of sp³-hybridized carbons (Fsp3) is 0.500. The van der Waals surface area contributed by atoms with Gasteiger partial charge >= 0.3 is 0 Å². The van der Waals surface area contributed by atoms with E-state index in [1.165, 1.54) is 4.90 Å². The fourth-order valence-corrected chi connectivity index (χ4v) is 2.06. The molecule has 0 aliphatic rings. The number of nitrogens with one attached hydrogen (secondary N) is 1. The standard InChI is InChI=1S/C16H24N2O3/c1-11(2)14(16(21)18(4)9-10-19)17-15(20)13-8-6-5-7-12(13)3/h5-8,11,14,19H,9-10H2,1-4H3,(H,17,20). The maximum Gasteiger partial charge on any atom is 0.252 e. The third kappa shape index (κ3) is 4.56. The van der Waals surface area contributed by atoms with Crippen LogP contribution in [0.4, 0.5) is 0 Å². The van der Waals surface area contributed by atoms with Gasteiger partial charge in [-0.05, 0) is 24.5 Å². The van der Waals surface area contributed by atoms with Gasteiger partial charge in [-0.1, -0.05) is 32.0 Å². The van der Waals surface area contributed by atoms with Crippen molar-refractivity contribution in [2.45, 2.75) is 26.8 Å². The highest BCUT2D eigenvalue weighted by molar-refractivity contribution is 5.98. The summed E-state index contributed by atoms with van der Waals surface area (Å²) in [6.07, 6.45) is 0. The van der Waals surface area contributed by atoms with Crippen molar-refractivity contribution in [1.29, 1.82) is 0 Å². The van der Waals surface area contributed by atoms with Crippen LogP contribution in [-0.2, 0) is 4.79 Å². The van der Waals surface area contributed by atoms with Crippen molar-refractivity contribution in [3.8, 4) is 0 Å². The minimum atomic E-state index is -0.603. The van der Waals surface area contributed by atoms with Gasteiger partial charge in [-0.15, -0.1) is 0 Å². The molecule has 1 atom stereocenters. The van der Waals surface area contributed by atoms with E-state index >= 15 is 0 Å². The Hall–Kier alpha value is -1.88. The molecule has 0 fully saturated rings. The number of amides is 2. The highest BCUT2D eigenvalue weighted by Crippen LogP contribution is 2.10. The molecule has 0 aliphatic heterocycles. The number of hydrogen-bond acceptors (Lipinski definition) is 3. The second kappa shape index (κ2) is 7.78. The minimum Gasteiger partial charge on any atom is -0.395 e. The van der Waals surface area contributed by atoms with Gasteiger partial charge in [0.2, 0.25) is 5.91 Å². The number of carbonyl (C=O) groups excluding carboxylic acids is 2. The topological polar surface area (TPSA) is 69.6 Å². The van der Waals surface area contributed by atoms with Crippen LogP contribution in [-0.4, -0.2) is 48.1 Å². The zero-order chi connectivity index (χ0) is 16.0. The summed E-state index contributed by atoms with van der Waals surface area (Å²) < 4.78 is 0. The van der Waals surface area contributed by atoms with Gasteiger partial charge in [-0.2, -0.15) is 0 Å². The monoisotopic (exact) mass is 292 g/mol. The Morgan fingerprint density at radius 3 is 2.43 bits per heavy atom.